The van der Waals surface area contributed by atoms with Gasteiger partial charge in [0.05, 0.1) is 34.1 Å². The second-order valence-electron chi connectivity index (χ2n) is 7.55. The van der Waals surface area contributed by atoms with Crippen molar-refractivity contribution in [1.82, 2.24) is 9.66 Å². The largest absolute Gasteiger partial charge is 0.496 e. The van der Waals surface area contributed by atoms with Crippen LogP contribution >= 0.6 is 27.5 Å². The average molecular weight is 564 g/mol. The van der Waals surface area contributed by atoms with E-state index in [-0.39, 0.29) is 18.0 Å². The van der Waals surface area contributed by atoms with Crippen molar-refractivity contribution < 1.29 is 13.9 Å². The highest BCUT2D eigenvalue weighted by molar-refractivity contribution is 9.10. The first-order valence-corrected chi connectivity index (χ1v) is 11.8. The Bertz CT molecular complexity index is 1750. The lowest BCUT2D eigenvalue weighted by Gasteiger charge is -2.10. The molecule has 0 atom stereocenters. The molecule has 0 saturated carbocycles. The van der Waals surface area contributed by atoms with E-state index in [4.69, 9.17) is 30.8 Å². The third kappa shape index (κ3) is 4.33. The van der Waals surface area contributed by atoms with Gasteiger partial charge in [0, 0.05) is 10.6 Å². The van der Waals surface area contributed by atoms with Gasteiger partial charge in [0.2, 0.25) is 5.82 Å². The van der Waals surface area contributed by atoms with E-state index in [0.717, 1.165) is 10.1 Å². The topological polar surface area (TPSA) is 103 Å². The van der Waals surface area contributed by atoms with Crippen LogP contribution in [0.5, 0.6) is 11.5 Å². The van der Waals surface area contributed by atoms with Gasteiger partial charge in [-0.3, -0.25) is 4.79 Å². The van der Waals surface area contributed by atoms with E-state index in [9.17, 15) is 4.79 Å². The van der Waals surface area contributed by atoms with E-state index in [2.05, 4.69) is 26.0 Å². The summed E-state index contributed by atoms with van der Waals surface area (Å²) in [5, 5.41) is 14.9. The molecule has 178 valence electrons. The number of ether oxygens (including phenoxy) is 2. The van der Waals surface area contributed by atoms with Crippen molar-refractivity contribution in [3.63, 3.8) is 0 Å². The number of benzene rings is 3. The van der Waals surface area contributed by atoms with E-state index in [1.54, 1.807) is 55.6 Å². The van der Waals surface area contributed by atoms with Crippen LogP contribution in [0.2, 0.25) is 5.02 Å². The predicted octanol–water partition coefficient (Wildman–Crippen LogP) is 6.02. The zero-order valence-electron chi connectivity index (χ0n) is 18.7. The van der Waals surface area contributed by atoms with Crippen LogP contribution in [0, 0.1) is 11.3 Å². The SMILES string of the molecule is COc1cccc2oc(-c3nc4ccccc4c(=O)n3N=Cc3cc(Cl)cc(Br)c3OCC#N)cc12. The fraction of sp³-hybridized carbons (Fsp3) is 0.0769. The van der Waals surface area contributed by atoms with E-state index in [0.29, 0.717) is 48.8 Å². The molecular weight excluding hydrogens is 548 g/mol. The van der Waals surface area contributed by atoms with E-state index >= 15 is 0 Å². The predicted molar refractivity (Wildman–Crippen MR) is 141 cm³/mol. The van der Waals surface area contributed by atoms with Gasteiger partial charge in [-0.2, -0.15) is 15.0 Å². The number of aromatic nitrogens is 2. The van der Waals surface area contributed by atoms with Gasteiger partial charge in [-0.05, 0) is 58.4 Å². The highest BCUT2D eigenvalue weighted by atomic mass is 79.9. The summed E-state index contributed by atoms with van der Waals surface area (Å²) in [6.07, 6.45) is 1.42. The molecule has 5 rings (SSSR count). The van der Waals surface area contributed by atoms with Crippen LogP contribution in [-0.4, -0.2) is 29.6 Å². The van der Waals surface area contributed by atoms with Crippen LogP contribution in [0.3, 0.4) is 0 Å². The Hall–Kier alpha value is -4.13. The van der Waals surface area contributed by atoms with Crippen molar-refractivity contribution >= 4 is 55.6 Å². The van der Waals surface area contributed by atoms with Crippen molar-refractivity contribution in [2.24, 2.45) is 5.10 Å². The molecular formula is C26H16BrClN4O4. The number of fused-ring (bicyclic) bond motifs is 2. The zero-order valence-corrected chi connectivity index (χ0v) is 21.1. The molecule has 8 nitrogen and oxygen atoms in total. The van der Waals surface area contributed by atoms with Crippen molar-refractivity contribution in [2.75, 3.05) is 13.7 Å². The van der Waals surface area contributed by atoms with Gasteiger partial charge in [0.25, 0.3) is 5.56 Å². The van der Waals surface area contributed by atoms with Gasteiger partial charge < -0.3 is 13.9 Å². The molecule has 0 aliphatic carbocycles. The number of hydrogen-bond donors (Lipinski definition) is 0. The molecule has 0 fully saturated rings. The molecule has 0 bridgehead atoms. The Morgan fingerprint density at radius 1 is 1.19 bits per heavy atom. The van der Waals surface area contributed by atoms with Gasteiger partial charge in [-0.25, -0.2) is 4.98 Å². The van der Waals surface area contributed by atoms with Crippen LogP contribution in [0.25, 0.3) is 33.5 Å². The minimum absolute atomic E-state index is 0.176. The number of para-hydroxylation sites is 1. The molecule has 2 heterocycles. The second-order valence-corrected chi connectivity index (χ2v) is 8.84. The summed E-state index contributed by atoms with van der Waals surface area (Å²) in [7, 11) is 1.57. The standard InChI is InChI=1S/C26H16BrClN4O4/c1-34-21-7-4-8-22-18(21)13-23(36-22)25-31-20-6-3-2-5-17(20)26(33)32(25)30-14-15-11-16(28)12-19(27)24(15)35-10-9-29/h2-8,11-14H,10H2,1H3. The third-order valence-corrected chi connectivity index (χ3v) is 6.15. The number of halogens is 2. The minimum atomic E-state index is -0.389. The maximum absolute atomic E-state index is 13.5. The lowest BCUT2D eigenvalue weighted by Crippen LogP contribution is -2.20. The first-order chi connectivity index (χ1) is 17.5. The minimum Gasteiger partial charge on any atom is -0.496 e. The summed E-state index contributed by atoms with van der Waals surface area (Å²) in [5.41, 5.74) is 1.15. The molecule has 0 spiro atoms. The first-order valence-electron chi connectivity index (χ1n) is 10.6. The summed E-state index contributed by atoms with van der Waals surface area (Å²) in [4.78, 5) is 18.2. The first kappa shape index (κ1) is 23.6. The summed E-state index contributed by atoms with van der Waals surface area (Å²) >= 11 is 9.63. The second kappa shape index (κ2) is 9.85. The molecule has 3 aromatic carbocycles. The van der Waals surface area contributed by atoms with Gasteiger partial charge in [-0.1, -0.05) is 29.8 Å². The molecule has 0 unspecified atom stereocenters. The van der Waals surface area contributed by atoms with Crippen LogP contribution in [0.1, 0.15) is 5.56 Å². The van der Waals surface area contributed by atoms with E-state index in [1.165, 1.54) is 6.21 Å². The summed E-state index contributed by atoms with van der Waals surface area (Å²) in [6.45, 7) is -0.176. The quantitative estimate of drug-likeness (QED) is 0.234. The molecule has 5 aromatic rings. The Kier molecular flexibility index (Phi) is 6.46. The van der Waals surface area contributed by atoms with Gasteiger partial charge in [0.1, 0.15) is 23.2 Å². The van der Waals surface area contributed by atoms with Gasteiger partial charge in [0.15, 0.2) is 12.4 Å². The molecule has 36 heavy (non-hydrogen) atoms. The van der Waals surface area contributed by atoms with Crippen LogP contribution in [-0.2, 0) is 0 Å². The molecule has 0 amide bonds. The maximum atomic E-state index is 13.5. The van der Waals surface area contributed by atoms with Gasteiger partial charge >= 0.3 is 0 Å². The monoisotopic (exact) mass is 562 g/mol. The summed E-state index contributed by atoms with van der Waals surface area (Å²) < 4.78 is 18.7. The molecule has 0 aliphatic rings. The van der Waals surface area contributed by atoms with Crippen molar-refractivity contribution in [2.45, 2.75) is 0 Å². The highest BCUT2D eigenvalue weighted by Gasteiger charge is 2.18. The lowest BCUT2D eigenvalue weighted by atomic mass is 10.2. The summed E-state index contributed by atoms with van der Waals surface area (Å²) in [6, 6.07) is 19.4. The maximum Gasteiger partial charge on any atom is 0.282 e. The van der Waals surface area contributed by atoms with E-state index < -0.39 is 0 Å². The van der Waals surface area contributed by atoms with Crippen LogP contribution in [0.4, 0.5) is 0 Å². The van der Waals surface area contributed by atoms with Crippen molar-refractivity contribution in [1.29, 1.82) is 5.26 Å². The normalized spacial score (nSPS) is 11.3. The van der Waals surface area contributed by atoms with Crippen molar-refractivity contribution in [3.05, 3.63) is 86.1 Å². The van der Waals surface area contributed by atoms with Crippen LogP contribution in [0.15, 0.2) is 79.4 Å². The lowest BCUT2D eigenvalue weighted by molar-refractivity contribution is 0.365. The molecule has 0 aliphatic heterocycles. The fourth-order valence-corrected chi connectivity index (χ4v) is 4.71. The average Bonchev–Trinajstić information content (AvgIpc) is 3.32. The number of furan rings is 1. The van der Waals surface area contributed by atoms with Gasteiger partial charge in [-0.15, -0.1) is 0 Å². The number of nitriles is 1. The highest BCUT2D eigenvalue weighted by Crippen LogP contribution is 2.34. The Labute approximate surface area is 218 Å². The number of rotatable bonds is 6. The number of nitrogens with zero attached hydrogens (tertiary/aromatic N) is 4. The molecule has 2 aromatic heterocycles. The summed E-state index contributed by atoms with van der Waals surface area (Å²) in [5.74, 6) is 1.53. The van der Waals surface area contributed by atoms with Crippen LogP contribution < -0.4 is 15.0 Å². The Morgan fingerprint density at radius 2 is 2.03 bits per heavy atom. The third-order valence-electron chi connectivity index (χ3n) is 5.35. The Balaban J connectivity index is 1.73. The fourth-order valence-electron chi connectivity index (χ4n) is 3.77. The smallest absolute Gasteiger partial charge is 0.282 e. The molecule has 0 N–H and O–H groups in total. The van der Waals surface area contributed by atoms with E-state index in [1.807, 2.05) is 18.2 Å². The number of hydrogen-bond acceptors (Lipinski definition) is 7. The zero-order chi connectivity index (χ0) is 25.2. The molecule has 0 radical (unpaired) electrons. The molecule has 0 saturated heterocycles. The van der Waals surface area contributed by atoms with Crippen molar-refractivity contribution in [3.8, 4) is 29.2 Å². The molecule has 10 heteroatoms. The number of methoxy groups -OCH3 is 1. The Morgan fingerprint density at radius 3 is 2.83 bits per heavy atom.